The maximum absolute atomic E-state index is 5.64. The van der Waals surface area contributed by atoms with E-state index in [0.717, 1.165) is 15.8 Å². The number of rotatable bonds is 3. The number of nitrogens with one attached hydrogen (secondary N) is 1. The van der Waals surface area contributed by atoms with Crippen LogP contribution in [0.4, 0.5) is 0 Å². The van der Waals surface area contributed by atoms with E-state index in [1.54, 1.807) is 10.7 Å². The monoisotopic (exact) mass is 269 g/mol. The van der Waals surface area contributed by atoms with Gasteiger partial charge in [-0.05, 0) is 29.0 Å². The van der Waals surface area contributed by atoms with Gasteiger partial charge in [0.2, 0.25) is 0 Å². The summed E-state index contributed by atoms with van der Waals surface area (Å²) >= 11 is 3.40. The lowest BCUT2D eigenvalue weighted by atomic mass is 10.2. The molecule has 2 aromatic heterocycles. The molecule has 2 rings (SSSR count). The third-order valence-electron chi connectivity index (χ3n) is 2.29. The zero-order valence-electron chi connectivity index (χ0n) is 8.31. The molecule has 0 bridgehead atoms. The van der Waals surface area contributed by atoms with Crippen LogP contribution in [0.15, 0.2) is 22.9 Å². The molecule has 0 radical (unpaired) electrons. The van der Waals surface area contributed by atoms with E-state index in [1.165, 1.54) is 0 Å². The van der Waals surface area contributed by atoms with Gasteiger partial charge in [0.05, 0.1) is 22.4 Å². The van der Waals surface area contributed by atoms with Crippen LogP contribution in [0.1, 0.15) is 11.7 Å². The highest BCUT2D eigenvalue weighted by molar-refractivity contribution is 9.10. The van der Waals surface area contributed by atoms with Gasteiger partial charge in [-0.1, -0.05) is 0 Å². The Labute approximate surface area is 95.8 Å². The van der Waals surface area contributed by atoms with Crippen LogP contribution in [0.2, 0.25) is 0 Å². The largest absolute Gasteiger partial charge is 0.329 e. The number of aromatic nitrogens is 3. The van der Waals surface area contributed by atoms with Crippen molar-refractivity contribution in [2.75, 3.05) is 13.6 Å². The van der Waals surface area contributed by atoms with Gasteiger partial charge in [0, 0.05) is 12.7 Å². The van der Waals surface area contributed by atoms with Crippen molar-refractivity contribution in [1.82, 2.24) is 19.9 Å². The van der Waals surface area contributed by atoms with Crippen LogP contribution >= 0.6 is 15.9 Å². The van der Waals surface area contributed by atoms with Crippen molar-refractivity contribution in [3.63, 3.8) is 0 Å². The molecule has 2 aromatic rings. The van der Waals surface area contributed by atoms with Gasteiger partial charge in [-0.2, -0.15) is 5.10 Å². The molecule has 6 heteroatoms. The smallest absolute Gasteiger partial charge is 0.169 e. The van der Waals surface area contributed by atoms with Gasteiger partial charge in [-0.3, -0.25) is 0 Å². The second-order valence-corrected chi connectivity index (χ2v) is 4.04. The predicted octanol–water partition coefficient (Wildman–Crippen LogP) is 0.711. The minimum absolute atomic E-state index is 0.0804. The van der Waals surface area contributed by atoms with E-state index in [0.29, 0.717) is 6.54 Å². The van der Waals surface area contributed by atoms with Gasteiger partial charge in [0.25, 0.3) is 0 Å². The Morgan fingerprint density at radius 3 is 3.13 bits per heavy atom. The highest BCUT2D eigenvalue weighted by Crippen LogP contribution is 2.17. The minimum Gasteiger partial charge on any atom is -0.329 e. The van der Waals surface area contributed by atoms with E-state index in [2.05, 4.69) is 31.3 Å². The topological polar surface area (TPSA) is 68.2 Å². The van der Waals surface area contributed by atoms with Crippen molar-refractivity contribution in [3.05, 3.63) is 28.6 Å². The molecule has 0 aliphatic heterocycles. The number of likely N-dealkylation sites (N-methyl/N-ethyl adjacent to an activating group) is 1. The fourth-order valence-corrected chi connectivity index (χ4v) is 1.80. The molecule has 0 amide bonds. The zero-order chi connectivity index (χ0) is 10.8. The Kier molecular flexibility index (Phi) is 2.99. The van der Waals surface area contributed by atoms with Crippen LogP contribution in [0.5, 0.6) is 0 Å². The fraction of sp³-hybridized carbons (Fsp3) is 0.333. The number of halogens is 1. The summed E-state index contributed by atoms with van der Waals surface area (Å²) in [6.07, 6.45) is 3.60. The molecule has 2 heterocycles. The van der Waals surface area contributed by atoms with Crippen molar-refractivity contribution < 1.29 is 0 Å². The second-order valence-electron chi connectivity index (χ2n) is 3.19. The molecule has 5 nitrogen and oxygen atoms in total. The molecule has 3 N–H and O–H groups in total. The molecule has 0 aromatic carbocycles. The molecule has 1 unspecified atom stereocenters. The van der Waals surface area contributed by atoms with Crippen molar-refractivity contribution in [3.8, 4) is 0 Å². The van der Waals surface area contributed by atoms with E-state index in [4.69, 9.17) is 5.73 Å². The van der Waals surface area contributed by atoms with Crippen LogP contribution in [0.25, 0.3) is 5.65 Å². The normalized spacial score (nSPS) is 13.3. The minimum atomic E-state index is 0.0804. The van der Waals surface area contributed by atoms with E-state index >= 15 is 0 Å². The molecule has 1 atom stereocenters. The Morgan fingerprint density at radius 2 is 2.47 bits per heavy atom. The fourth-order valence-electron chi connectivity index (χ4n) is 1.44. The average molecular weight is 270 g/mol. The highest BCUT2D eigenvalue weighted by Gasteiger charge is 2.10. The van der Waals surface area contributed by atoms with E-state index in [9.17, 15) is 0 Å². The SMILES string of the molecule is CNC(CN)c1ccn2ncc(Br)c2n1. The molecule has 0 saturated carbocycles. The summed E-state index contributed by atoms with van der Waals surface area (Å²) in [6, 6.07) is 2.00. The van der Waals surface area contributed by atoms with Gasteiger partial charge in [0.15, 0.2) is 5.65 Å². The summed E-state index contributed by atoms with van der Waals surface area (Å²) < 4.78 is 2.60. The Balaban J connectivity index is 2.49. The summed E-state index contributed by atoms with van der Waals surface area (Å²) in [5.74, 6) is 0. The highest BCUT2D eigenvalue weighted by atomic mass is 79.9. The van der Waals surface area contributed by atoms with Crippen molar-refractivity contribution in [2.24, 2.45) is 5.73 Å². The lowest BCUT2D eigenvalue weighted by Gasteiger charge is -2.12. The third-order valence-corrected chi connectivity index (χ3v) is 2.85. The first-order valence-electron chi connectivity index (χ1n) is 4.63. The molecule has 80 valence electrons. The average Bonchev–Trinajstić information content (AvgIpc) is 2.62. The number of hydrogen-bond donors (Lipinski definition) is 2. The summed E-state index contributed by atoms with van der Waals surface area (Å²) in [6.45, 7) is 0.519. The van der Waals surface area contributed by atoms with Crippen LogP contribution in [-0.4, -0.2) is 28.2 Å². The van der Waals surface area contributed by atoms with Gasteiger partial charge >= 0.3 is 0 Å². The van der Waals surface area contributed by atoms with Crippen molar-refractivity contribution in [1.29, 1.82) is 0 Å². The second kappa shape index (κ2) is 4.26. The van der Waals surface area contributed by atoms with Gasteiger partial charge in [-0.25, -0.2) is 9.50 Å². The lowest BCUT2D eigenvalue weighted by Crippen LogP contribution is -2.25. The van der Waals surface area contributed by atoms with E-state index in [1.807, 2.05) is 19.3 Å². The summed E-state index contributed by atoms with van der Waals surface area (Å²) in [5, 5.41) is 7.24. The Bertz CT molecular complexity index is 462. The predicted molar refractivity (Wildman–Crippen MR) is 61.5 cm³/mol. The van der Waals surface area contributed by atoms with Crippen molar-refractivity contribution in [2.45, 2.75) is 6.04 Å². The molecular formula is C9H12BrN5. The molecule has 0 aliphatic rings. The number of nitrogens with zero attached hydrogens (tertiary/aromatic N) is 3. The molecule has 15 heavy (non-hydrogen) atoms. The number of nitrogens with two attached hydrogens (primary N) is 1. The molecule has 0 fully saturated rings. The first-order valence-corrected chi connectivity index (χ1v) is 5.42. The first-order chi connectivity index (χ1) is 7.26. The maximum atomic E-state index is 5.64. The molecule has 0 aliphatic carbocycles. The molecular weight excluding hydrogens is 258 g/mol. The number of fused-ring (bicyclic) bond motifs is 1. The van der Waals surface area contributed by atoms with Crippen LogP contribution in [-0.2, 0) is 0 Å². The van der Waals surface area contributed by atoms with Crippen LogP contribution in [0.3, 0.4) is 0 Å². The van der Waals surface area contributed by atoms with Crippen LogP contribution in [0, 0.1) is 0 Å². The van der Waals surface area contributed by atoms with Gasteiger partial charge in [0.1, 0.15) is 0 Å². The maximum Gasteiger partial charge on any atom is 0.169 e. The standard InChI is InChI=1S/C9H12BrN5/c1-12-8(4-11)7-2-3-15-9(14-7)6(10)5-13-15/h2-3,5,8,12H,4,11H2,1H3. The Hall–Kier alpha value is -0.980. The third kappa shape index (κ3) is 1.88. The van der Waals surface area contributed by atoms with Gasteiger partial charge < -0.3 is 11.1 Å². The van der Waals surface area contributed by atoms with Crippen LogP contribution < -0.4 is 11.1 Å². The number of hydrogen-bond acceptors (Lipinski definition) is 4. The Morgan fingerprint density at radius 1 is 1.67 bits per heavy atom. The lowest BCUT2D eigenvalue weighted by molar-refractivity contribution is 0.588. The molecule has 0 spiro atoms. The summed E-state index contributed by atoms with van der Waals surface area (Å²) in [7, 11) is 1.87. The molecule has 0 saturated heterocycles. The quantitative estimate of drug-likeness (QED) is 0.862. The zero-order valence-corrected chi connectivity index (χ0v) is 9.90. The van der Waals surface area contributed by atoms with Gasteiger partial charge in [-0.15, -0.1) is 0 Å². The van der Waals surface area contributed by atoms with Crippen molar-refractivity contribution >= 4 is 21.6 Å². The summed E-state index contributed by atoms with van der Waals surface area (Å²) in [5.41, 5.74) is 7.37. The van der Waals surface area contributed by atoms with E-state index in [-0.39, 0.29) is 6.04 Å². The summed E-state index contributed by atoms with van der Waals surface area (Å²) in [4.78, 5) is 4.49. The first kappa shape index (κ1) is 10.5. The van der Waals surface area contributed by atoms with E-state index < -0.39 is 0 Å².